The van der Waals surface area contributed by atoms with Gasteiger partial charge in [-0.2, -0.15) is 0 Å². The van der Waals surface area contributed by atoms with Gasteiger partial charge in [-0.3, -0.25) is 9.59 Å². The number of aliphatic hydroxyl groups is 1. The molecule has 0 amide bonds. The third-order valence-electron chi connectivity index (χ3n) is 7.20. The SMILES string of the molecule is O=C1c2c(O)cc(O)cc2O[C@H](c2c(O)cc(O)c3c2O[C@](O)(Cc2ccc(O)cc2)C3=O)[C@H]1c1ccc(O)cc1. The molecular weight excluding hydrogens is 536 g/mol. The van der Waals surface area contributed by atoms with Gasteiger partial charge in [0.1, 0.15) is 63.2 Å². The second-order valence-corrected chi connectivity index (χ2v) is 9.90. The van der Waals surface area contributed by atoms with Crippen LogP contribution in [0, 0.1) is 0 Å². The highest BCUT2D eigenvalue weighted by atomic mass is 16.6. The molecule has 0 saturated carbocycles. The Hall–Kier alpha value is -5.42. The van der Waals surface area contributed by atoms with Crippen LogP contribution >= 0.6 is 0 Å². The standard InChI is InChI=1S/C30H22O11/c31-15-5-1-13(2-6-15)12-30(39)29(38)25-20(36)11-19(35)24(28(25)41-30)27-22(14-3-7-16(32)8-4-14)26(37)23-18(34)9-17(33)10-21(23)40-27/h1-11,22,27,31-36,39H,12H2/t22-,27-,30+/m0/s1. The third-order valence-corrected chi connectivity index (χ3v) is 7.20. The van der Waals surface area contributed by atoms with Gasteiger partial charge in [-0.1, -0.05) is 24.3 Å². The number of hydrogen-bond donors (Lipinski definition) is 7. The van der Waals surface area contributed by atoms with Crippen molar-refractivity contribution in [2.75, 3.05) is 0 Å². The van der Waals surface area contributed by atoms with Crippen LogP contribution in [0.1, 0.15) is 49.4 Å². The van der Waals surface area contributed by atoms with Crippen LogP contribution in [0.4, 0.5) is 0 Å². The first kappa shape index (κ1) is 25.8. The number of aromatic hydroxyl groups is 6. The third kappa shape index (κ3) is 4.10. The van der Waals surface area contributed by atoms with Crippen molar-refractivity contribution in [3.05, 3.63) is 94.5 Å². The van der Waals surface area contributed by atoms with Crippen molar-refractivity contribution in [2.45, 2.75) is 24.2 Å². The molecule has 41 heavy (non-hydrogen) atoms. The highest BCUT2D eigenvalue weighted by molar-refractivity contribution is 6.10. The highest BCUT2D eigenvalue weighted by Crippen LogP contribution is 2.55. The maximum Gasteiger partial charge on any atom is 0.277 e. The molecule has 3 atom stereocenters. The van der Waals surface area contributed by atoms with E-state index < -0.39 is 70.1 Å². The summed E-state index contributed by atoms with van der Waals surface area (Å²) in [4.78, 5) is 27.3. The van der Waals surface area contributed by atoms with Crippen LogP contribution in [0.15, 0.2) is 66.7 Å². The number of phenols is 6. The Morgan fingerprint density at radius 3 is 1.98 bits per heavy atom. The Balaban J connectivity index is 1.52. The predicted molar refractivity (Wildman–Crippen MR) is 140 cm³/mol. The summed E-state index contributed by atoms with van der Waals surface area (Å²) in [5.41, 5.74) is -0.256. The predicted octanol–water partition coefficient (Wildman–Crippen LogP) is 3.53. The molecule has 0 aromatic heterocycles. The van der Waals surface area contributed by atoms with Crippen LogP contribution < -0.4 is 9.47 Å². The lowest BCUT2D eigenvalue weighted by molar-refractivity contribution is -0.0899. The van der Waals surface area contributed by atoms with E-state index in [1.165, 1.54) is 48.5 Å². The first-order valence-electron chi connectivity index (χ1n) is 12.4. The summed E-state index contributed by atoms with van der Waals surface area (Å²) in [6, 6.07) is 14.1. The van der Waals surface area contributed by atoms with Crippen LogP contribution in [0.5, 0.6) is 46.0 Å². The van der Waals surface area contributed by atoms with Gasteiger partial charge >= 0.3 is 0 Å². The molecule has 4 aromatic rings. The Morgan fingerprint density at radius 2 is 1.32 bits per heavy atom. The van der Waals surface area contributed by atoms with Gasteiger partial charge in [0.15, 0.2) is 5.78 Å². The zero-order chi connectivity index (χ0) is 29.2. The number of carbonyl (C=O) groups is 2. The molecule has 0 saturated heterocycles. The highest BCUT2D eigenvalue weighted by Gasteiger charge is 2.53. The van der Waals surface area contributed by atoms with Crippen LogP contribution in [0.3, 0.4) is 0 Å². The fraction of sp³-hybridized carbons (Fsp3) is 0.133. The number of ketones is 2. The van der Waals surface area contributed by atoms with E-state index in [2.05, 4.69) is 0 Å². The number of hydrogen-bond acceptors (Lipinski definition) is 11. The van der Waals surface area contributed by atoms with Crippen LogP contribution in [-0.2, 0) is 6.42 Å². The van der Waals surface area contributed by atoms with E-state index in [0.717, 1.165) is 18.2 Å². The first-order chi connectivity index (χ1) is 19.5. The zero-order valence-corrected chi connectivity index (χ0v) is 21.0. The molecule has 4 aromatic carbocycles. The molecule has 0 bridgehead atoms. The molecule has 0 aliphatic carbocycles. The van der Waals surface area contributed by atoms with Crippen molar-refractivity contribution in [2.24, 2.45) is 0 Å². The van der Waals surface area contributed by atoms with Gasteiger partial charge < -0.3 is 45.2 Å². The summed E-state index contributed by atoms with van der Waals surface area (Å²) in [6.45, 7) is 0. The average molecular weight is 558 g/mol. The molecule has 2 aliphatic rings. The van der Waals surface area contributed by atoms with E-state index in [0.29, 0.717) is 11.1 Å². The quantitative estimate of drug-likeness (QED) is 0.194. The topological polar surface area (TPSA) is 194 Å². The molecule has 0 radical (unpaired) electrons. The second kappa shape index (κ2) is 9.07. The monoisotopic (exact) mass is 558 g/mol. The molecular formula is C30H22O11. The summed E-state index contributed by atoms with van der Waals surface area (Å²) in [7, 11) is 0. The number of phenolic OH excluding ortho intramolecular Hbond substituents is 6. The zero-order valence-electron chi connectivity index (χ0n) is 21.0. The number of rotatable bonds is 4. The molecule has 11 nitrogen and oxygen atoms in total. The van der Waals surface area contributed by atoms with Gasteiger partial charge in [-0.05, 0) is 35.4 Å². The fourth-order valence-corrected chi connectivity index (χ4v) is 5.32. The lowest BCUT2D eigenvalue weighted by Gasteiger charge is -2.34. The largest absolute Gasteiger partial charge is 0.508 e. The number of fused-ring (bicyclic) bond motifs is 2. The van der Waals surface area contributed by atoms with Gasteiger partial charge in [0.05, 0.1) is 11.5 Å². The number of carbonyl (C=O) groups excluding carboxylic acids is 2. The van der Waals surface area contributed by atoms with E-state index in [1.54, 1.807) is 0 Å². The van der Waals surface area contributed by atoms with E-state index in [9.17, 15) is 45.3 Å². The van der Waals surface area contributed by atoms with Crippen LogP contribution in [0.2, 0.25) is 0 Å². The molecule has 6 rings (SSSR count). The van der Waals surface area contributed by atoms with Crippen LogP contribution in [0.25, 0.3) is 0 Å². The van der Waals surface area contributed by atoms with E-state index >= 15 is 0 Å². The van der Waals surface area contributed by atoms with Crippen molar-refractivity contribution in [3.8, 4) is 46.0 Å². The first-order valence-corrected chi connectivity index (χ1v) is 12.4. The Kier molecular flexibility index (Phi) is 5.71. The normalized spacial score (nSPS) is 21.1. The summed E-state index contributed by atoms with van der Waals surface area (Å²) in [6.07, 6.45) is -1.85. The van der Waals surface area contributed by atoms with Gasteiger partial charge in [-0.15, -0.1) is 0 Å². The molecule has 11 heteroatoms. The number of benzene rings is 4. The van der Waals surface area contributed by atoms with Crippen molar-refractivity contribution in [1.82, 2.24) is 0 Å². The van der Waals surface area contributed by atoms with Crippen molar-refractivity contribution in [1.29, 1.82) is 0 Å². The van der Waals surface area contributed by atoms with Crippen molar-refractivity contribution in [3.63, 3.8) is 0 Å². The number of Topliss-reactive ketones (excluding diaryl/α,β-unsaturated/α-hetero) is 2. The Morgan fingerprint density at radius 1 is 0.707 bits per heavy atom. The van der Waals surface area contributed by atoms with Gasteiger partial charge in [-0.25, -0.2) is 0 Å². The van der Waals surface area contributed by atoms with Gasteiger partial charge in [0, 0.05) is 24.6 Å². The molecule has 208 valence electrons. The minimum atomic E-state index is -2.53. The summed E-state index contributed by atoms with van der Waals surface area (Å²) < 4.78 is 11.8. The summed E-state index contributed by atoms with van der Waals surface area (Å²) in [5.74, 6) is -8.57. The van der Waals surface area contributed by atoms with Crippen LogP contribution in [-0.4, -0.2) is 53.1 Å². The minimum absolute atomic E-state index is 0.0377. The Labute approximate surface area is 231 Å². The molecule has 7 N–H and O–H groups in total. The average Bonchev–Trinajstić information content (AvgIpc) is 3.16. The number of ether oxygens (including phenoxy) is 2. The molecule has 0 unspecified atom stereocenters. The summed E-state index contributed by atoms with van der Waals surface area (Å²) >= 11 is 0. The van der Waals surface area contributed by atoms with E-state index in [-0.39, 0.29) is 28.4 Å². The van der Waals surface area contributed by atoms with Gasteiger partial charge in [0.25, 0.3) is 5.79 Å². The maximum atomic E-state index is 13.9. The lowest BCUT2D eigenvalue weighted by Crippen LogP contribution is -2.42. The molecule has 0 spiro atoms. The molecule has 2 heterocycles. The van der Waals surface area contributed by atoms with Gasteiger partial charge in [0.2, 0.25) is 5.78 Å². The summed E-state index contributed by atoms with van der Waals surface area (Å²) in [5, 5.41) is 72.9. The van der Waals surface area contributed by atoms with E-state index in [4.69, 9.17) is 9.47 Å². The smallest absolute Gasteiger partial charge is 0.277 e. The molecule has 0 fully saturated rings. The molecule has 2 aliphatic heterocycles. The minimum Gasteiger partial charge on any atom is -0.508 e. The van der Waals surface area contributed by atoms with Crippen molar-refractivity contribution < 1.29 is 54.8 Å². The van der Waals surface area contributed by atoms with Crippen molar-refractivity contribution >= 4 is 11.6 Å². The maximum absolute atomic E-state index is 13.9. The lowest BCUT2D eigenvalue weighted by atomic mass is 9.79. The van der Waals surface area contributed by atoms with E-state index in [1.807, 2.05) is 0 Å². The second-order valence-electron chi connectivity index (χ2n) is 9.90. The fourth-order valence-electron chi connectivity index (χ4n) is 5.32. The Bertz CT molecular complexity index is 1730.